The molecule has 0 heterocycles. The van der Waals surface area contributed by atoms with Gasteiger partial charge in [-0.3, -0.25) is 0 Å². The maximum absolute atomic E-state index is 9.18. The van der Waals surface area contributed by atoms with Crippen molar-refractivity contribution in [3.8, 4) is 41.2 Å². The van der Waals surface area contributed by atoms with Gasteiger partial charge in [0.25, 0.3) is 0 Å². The molecule has 0 fully saturated rings. The van der Waals surface area contributed by atoms with E-state index in [9.17, 15) is 5.26 Å². The van der Waals surface area contributed by atoms with Gasteiger partial charge in [0.05, 0.1) is 30.9 Å². The van der Waals surface area contributed by atoms with Crippen LogP contribution in [0, 0.1) is 35.0 Å². The lowest BCUT2D eigenvalue weighted by atomic mass is 10.1. The second-order valence-corrected chi connectivity index (χ2v) is 5.77. The smallest absolute Gasteiger partial charge is 0.135 e. The highest BCUT2D eigenvalue weighted by Gasteiger charge is 2.03. The normalized spacial score (nSPS) is 9.18. The standard InChI is InChI=1S/C25H17NO2/c1-27-24-10-6-5-8-21(24)13-11-19-12-14-22(25(17-19)28-2)16-15-20-7-3-4-9-23(20)18-26/h3-10,12,14,17H,1-2H3. The van der Waals surface area contributed by atoms with E-state index in [1.165, 1.54) is 0 Å². The molecular formula is C25H17NO2. The van der Waals surface area contributed by atoms with Crippen LogP contribution in [0.1, 0.15) is 27.8 Å². The van der Waals surface area contributed by atoms with Gasteiger partial charge < -0.3 is 9.47 Å². The van der Waals surface area contributed by atoms with Crippen molar-refractivity contribution in [3.63, 3.8) is 0 Å². The van der Waals surface area contributed by atoms with Crippen molar-refractivity contribution in [2.45, 2.75) is 0 Å². The number of hydrogen-bond acceptors (Lipinski definition) is 3. The Bertz CT molecular complexity index is 1160. The van der Waals surface area contributed by atoms with Crippen LogP contribution in [-0.2, 0) is 0 Å². The number of nitrogens with zero attached hydrogens (tertiary/aromatic N) is 1. The molecule has 0 aromatic heterocycles. The average molecular weight is 363 g/mol. The fourth-order valence-corrected chi connectivity index (χ4v) is 2.58. The van der Waals surface area contributed by atoms with Gasteiger partial charge in [-0.05, 0) is 42.5 Å². The Balaban J connectivity index is 1.92. The molecule has 3 rings (SSSR count). The Morgan fingerprint density at radius 3 is 1.89 bits per heavy atom. The highest BCUT2D eigenvalue weighted by atomic mass is 16.5. The highest BCUT2D eigenvalue weighted by molar-refractivity contribution is 5.57. The molecule has 0 aliphatic carbocycles. The third kappa shape index (κ3) is 4.34. The van der Waals surface area contributed by atoms with Gasteiger partial charge in [-0.25, -0.2) is 0 Å². The summed E-state index contributed by atoms with van der Waals surface area (Å²) in [6, 6.07) is 22.6. The van der Waals surface area contributed by atoms with E-state index in [0.717, 1.165) is 22.4 Å². The first kappa shape index (κ1) is 18.7. The molecular weight excluding hydrogens is 346 g/mol. The van der Waals surface area contributed by atoms with E-state index in [4.69, 9.17) is 9.47 Å². The summed E-state index contributed by atoms with van der Waals surface area (Å²) in [4.78, 5) is 0. The first-order chi connectivity index (χ1) is 13.7. The average Bonchev–Trinajstić information content (AvgIpc) is 2.76. The van der Waals surface area contributed by atoms with Crippen LogP contribution in [0.3, 0.4) is 0 Å². The SMILES string of the molecule is COc1ccccc1C#Cc1ccc(C#Cc2ccccc2C#N)c(OC)c1. The lowest BCUT2D eigenvalue weighted by Crippen LogP contribution is -1.90. The summed E-state index contributed by atoms with van der Waals surface area (Å²) in [5.74, 6) is 13.7. The molecule has 0 spiro atoms. The minimum absolute atomic E-state index is 0.549. The van der Waals surface area contributed by atoms with Crippen molar-refractivity contribution < 1.29 is 9.47 Å². The summed E-state index contributed by atoms with van der Waals surface area (Å²) in [6.45, 7) is 0. The quantitative estimate of drug-likeness (QED) is 0.635. The van der Waals surface area contributed by atoms with Gasteiger partial charge in [-0.1, -0.05) is 47.9 Å². The Morgan fingerprint density at radius 1 is 0.607 bits per heavy atom. The summed E-state index contributed by atoms with van der Waals surface area (Å²) >= 11 is 0. The number of ether oxygens (including phenoxy) is 2. The second-order valence-electron chi connectivity index (χ2n) is 5.77. The molecule has 0 aliphatic heterocycles. The molecule has 0 saturated carbocycles. The zero-order chi connectivity index (χ0) is 19.8. The lowest BCUT2D eigenvalue weighted by molar-refractivity contribution is 0.413. The van der Waals surface area contributed by atoms with Crippen LogP contribution in [-0.4, -0.2) is 14.2 Å². The predicted molar refractivity (Wildman–Crippen MR) is 109 cm³/mol. The zero-order valence-electron chi connectivity index (χ0n) is 15.6. The third-order valence-corrected chi connectivity index (χ3v) is 4.03. The molecule has 0 radical (unpaired) electrons. The van der Waals surface area contributed by atoms with Crippen LogP contribution >= 0.6 is 0 Å². The third-order valence-electron chi connectivity index (χ3n) is 4.03. The molecule has 0 atom stereocenters. The number of benzene rings is 3. The van der Waals surface area contributed by atoms with Crippen molar-refractivity contribution in [1.82, 2.24) is 0 Å². The Labute approximate surface area is 165 Å². The molecule has 3 heteroatoms. The summed E-state index contributed by atoms with van der Waals surface area (Å²) in [5.41, 5.74) is 3.60. The molecule has 3 nitrogen and oxygen atoms in total. The number of nitriles is 1. The molecule has 3 aromatic carbocycles. The van der Waals surface area contributed by atoms with Crippen LogP contribution in [0.15, 0.2) is 66.7 Å². The van der Waals surface area contributed by atoms with Gasteiger partial charge in [0.2, 0.25) is 0 Å². The molecule has 0 aliphatic rings. The largest absolute Gasteiger partial charge is 0.495 e. The minimum Gasteiger partial charge on any atom is -0.495 e. The lowest BCUT2D eigenvalue weighted by Gasteiger charge is -2.04. The Hall–Kier alpha value is -4.13. The maximum atomic E-state index is 9.18. The summed E-state index contributed by atoms with van der Waals surface area (Å²) < 4.78 is 10.8. The monoisotopic (exact) mass is 363 g/mol. The van der Waals surface area contributed by atoms with E-state index in [-0.39, 0.29) is 0 Å². The van der Waals surface area contributed by atoms with Crippen molar-refractivity contribution in [3.05, 3.63) is 94.5 Å². The number of hydrogen-bond donors (Lipinski definition) is 0. The summed E-state index contributed by atoms with van der Waals surface area (Å²) in [5, 5.41) is 9.18. The van der Waals surface area contributed by atoms with Gasteiger partial charge in [-0.2, -0.15) is 5.26 Å². The molecule has 3 aromatic rings. The Morgan fingerprint density at radius 2 is 1.18 bits per heavy atom. The van der Waals surface area contributed by atoms with Crippen LogP contribution < -0.4 is 9.47 Å². The van der Waals surface area contributed by atoms with Crippen LogP contribution in [0.2, 0.25) is 0 Å². The van der Waals surface area contributed by atoms with Crippen molar-refractivity contribution in [2.24, 2.45) is 0 Å². The van der Waals surface area contributed by atoms with Gasteiger partial charge in [-0.15, -0.1) is 0 Å². The molecule has 0 unspecified atom stereocenters. The van der Waals surface area contributed by atoms with Gasteiger partial charge in [0.15, 0.2) is 0 Å². The van der Waals surface area contributed by atoms with Crippen molar-refractivity contribution in [1.29, 1.82) is 5.26 Å². The fourth-order valence-electron chi connectivity index (χ4n) is 2.58. The Kier molecular flexibility index (Phi) is 5.99. The van der Waals surface area contributed by atoms with Gasteiger partial charge >= 0.3 is 0 Å². The minimum atomic E-state index is 0.549. The first-order valence-electron chi connectivity index (χ1n) is 8.59. The van der Waals surface area contributed by atoms with Crippen molar-refractivity contribution in [2.75, 3.05) is 14.2 Å². The van der Waals surface area contributed by atoms with Gasteiger partial charge in [0.1, 0.15) is 17.6 Å². The first-order valence-corrected chi connectivity index (χ1v) is 8.59. The van der Waals surface area contributed by atoms with Crippen LogP contribution in [0.25, 0.3) is 0 Å². The predicted octanol–water partition coefficient (Wildman–Crippen LogP) is 4.38. The molecule has 0 amide bonds. The topological polar surface area (TPSA) is 42.2 Å². The molecule has 0 bridgehead atoms. The molecule has 28 heavy (non-hydrogen) atoms. The van der Waals surface area contributed by atoms with Crippen LogP contribution in [0.5, 0.6) is 11.5 Å². The van der Waals surface area contributed by atoms with E-state index in [0.29, 0.717) is 16.9 Å². The molecule has 0 N–H and O–H groups in total. The second kappa shape index (κ2) is 9.00. The number of para-hydroxylation sites is 1. The number of rotatable bonds is 2. The molecule has 0 saturated heterocycles. The summed E-state index contributed by atoms with van der Waals surface area (Å²) in [7, 11) is 3.22. The van der Waals surface area contributed by atoms with Crippen LogP contribution in [0.4, 0.5) is 0 Å². The highest BCUT2D eigenvalue weighted by Crippen LogP contribution is 2.20. The van der Waals surface area contributed by atoms with E-state index in [1.807, 2.05) is 60.7 Å². The van der Waals surface area contributed by atoms with Gasteiger partial charge in [0, 0.05) is 11.1 Å². The maximum Gasteiger partial charge on any atom is 0.135 e. The molecule has 134 valence electrons. The van der Waals surface area contributed by atoms with E-state index < -0.39 is 0 Å². The fraction of sp³-hybridized carbons (Fsp3) is 0.0800. The van der Waals surface area contributed by atoms with E-state index >= 15 is 0 Å². The van der Waals surface area contributed by atoms with Crippen molar-refractivity contribution >= 4 is 0 Å². The summed E-state index contributed by atoms with van der Waals surface area (Å²) in [6.07, 6.45) is 0. The van der Waals surface area contributed by atoms with E-state index in [2.05, 4.69) is 29.8 Å². The zero-order valence-corrected chi connectivity index (χ0v) is 15.6. The van der Waals surface area contributed by atoms with E-state index in [1.54, 1.807) is 20.3 Å². The number of methoxy groups -OCH3 is 2.